The molecule has 10 heteroatoms. The van der Waals surface area contributed by atoms with E-state index in [9.17, 15) is 4.79 Å². The number of pyridine rings is 1. The summed E-state index contributed by atoms with van der Waals surface area (Å²) in [4.78, 5) is 20.1. The smallest absolute Gasteiger partial charge is 0.256 e. The maximum absolute atomic E-state index is 13.9. The van der Waals surface area contributed by atoms with Gasteiger partial charge < -0.3 is 15.4 Å². The van der Waals surface area contributed by atoms with E-state index in [1.165, 1.54) is 0 Å². The van der Waals surface area contributed by atoms with Crippen molar-refractivity contribution in [3.63, 3.8) is 0 Å². The van der Waals surface area contributed by atoms with Crippen LogP contribution in [0.3, 0.4) is 0 Å². The lowest BCUT2D eigenvalue weighted by Gasteiger charge is -2.27. The lowest BCUT2D eigenvalue weighted by molar-refractivity contribution is 0.0663. The van der Waals surface area contributed by atoms with Gasteiger partial charge in [-0.05, 0) is 31.2 Å². The molecule has 0 saturated heterocycles. The zero-order valence-electron chi connectivity index (χ0n) is 21.1. The van der Waals surface area contributed by atoms with Crippen molar-refractivity contribution in [3.8, 4) is 17.6 Å². The molecule has 0 fully saturated rings. The summed E-state index contributed by atoms with van der Waals surface area (Å²) in [5.41, 5.74) is 10.5. The number of halogens is 1. The van der Waals surface area contributed by atoms with Gasteiger partial charge >= 0.3 is 0 Å². The molecule has 1 amide bonds. The summed E-state index contributed by atoms with van der Waals surface area (Å²) in [5, 5.41) is 10.3. The summed E-state index contributed by atoms with van der Waals surface area (Å²) in [5.74, 6) is 7.17. The monoisotopic (exact) mass is 525 g/mol. The molecule has 4 heterocycles. The molecule has 38 heavy (non-hydrogen) atoms. The first-order chi connectivity index (χ1) is 18.3. The van der Waals surface area contributed by atoms with E-state index in [0.717, 1.165) is 38.7 Å². The molecule has 0 bridgehead atoms. The third-order valence-electron chi connectivity index (χ3n) is 6.83. The molecular formula is C28H24ClN7O2. The van der Waals surface area contributed by atoms with Crippen LogP contribution in [0.1, 0.15) is 40.0 Å². The van der Waals surface area contributed by atoms with Crippen LogP contribution >= 0.6 is 11.6 Å². The van der Waals surface area contributed by atoms with Crippen molar-refractivity contribution < 1.29 is 9.53 Å². The molecule has 1 atom stereocenters. The van der Waals surface area contributed by atoms with Gasteiger partial charge in [0, 0.05) is 43.4 Å². The van der Waals surface area contributed by atoms with Gasteiger partial charge in [-0.3, -0.25) is 14.2 Å². The molecule has 1 unspecified atom stereocenters. The van der Waals surface area contributed by atoms with Gasteiger partial charge in [-0.25, -0.2) is 4.98 Å². The number of amides is 1. The standard InChI is InChI=1S/C28H24ClN7O2/c1-4-36(24-15-38-25-9-16(7-8-18(24)25)5-6-17-12-31-34(2)14-17)28(37)19-10-20-23(11-22(19)29)33-27(30)21-13-32-35(3)26(20)21/h7-14,24H,4,15H2,1-3H3,(H2,30,33). The van der Waals surface area contributed by atoms with Crippen molar-refractivity contribution in [1.82, 2.24) is 29.4 Å². The SMILES string of the molecule is CCN(C(=O)c1cc2c(cc1Cl)nc(N)c1cnn(C)c12)C1COc2cc(C#Cc3cnn(C)c3)ccc21. The summed E-state index contributed by atoms with van der Waals surface area (Å²) in [6.07, 6.45) is 5.26. The van der Waals surface area contributed by atoms with E-state index >= 15 is 0 Å². The van der Waals surface area contributed by atoms with E-state index in [1.54, 1.807) is 38.8 Å². The maximum atomic E-state index is 13.9. The molecule has 1 aliphatic heterocycles. The number of likely N-dealkylation sites (N-methyl/N-ethyl adjacent to an activating group) is 1. The second-order valence-corrected chi connectivity index (χ2v) is 9.61. The second-order valence-electron chi connectivity index (χ2n) is 9.20. The van der Waals surface area contributed by atoms with Gasteiger partial charge in [0.05, 0.1) is 51.0 Å². The summed E-state index contributed by atoms with van der Waals surface area (Å²) < 4.78 is 9.45. The molecule has 0 aliphatic carbocycles. The summed E-state index contributed by atoms with van der Waals surface area (Å²) in [6, 6.07) is 9.05. The van der Waals surface area contributed by atoms with E-state index in [4.69, 9.17) is 22.1 Å². The Morgan fingerprint density at radius 3 is 2.74 bits per heavy atom. The zero-order valence-corrected chi connectivity index (χ0v) is 21.8. The first-order valence-corrected chi connectivity index (χ1v) is 12.5. The van der Waals surface area contributed by atoms with Crippen LogP contribution in [0.2, 0.25) is 5.02 Å². The number of anilines is 1. The number of fused-ring (bicyclic) bond motifs is 4. The summed E-state index contributed by atoms with van der Waals surface area (Å²) in [7, 11) is 3.68. The molecule has 2 N–H and O–H groups in total. The van der Waals surface area contributed by atoms with Crippen LogP contribution in [0.15, 0.2) is 48.9 Å². The van der Waals surface area contributed by atoms with Crippen molar-refractivity contribution in [2.24, 2.45) is 14.1 Å². The molecule has 1 aliphatic rings. The van der Waals surface area contributed by atoms with Crippen molar-refractivity contribution in [1.29, 1.82) is 0 Å². The van der Waals surface area contributed by atoms with Crippen LogP contribution in [0.25, 0.3) is 21.8 Å². The van der Waals surface area contributed by atoms with Gasteiger partial charge in [0.1, 0.15) is 18.2 Å². The molecular weight excluding hydrogens is 502 g/mol. The van der Waals surface area contributed by atoms with E-state index < -0.39 is 0 Å². The topological polar surface area (TPSA) is 104 Å². The van der Waals surface area contributed by atoms with Gasteiger partial charge in [0.15, 0.2) is 0 Å². The van der Waals surface area contributed by atoms with Crippen LogP contribution in [0.5, 0.6) is 5.75 Å². The predicted molar refractivity (Wildman–Crippen MR) is 146 cm³/mol. The zero-order chi connectivity index (χ0) is 26.6. The fourth-order valence-corrected chi connectivity index (χ4v) is 5.20. The second kappa shape index (κ2) is 9.08. The number of aromatic nitrogens is 5. The number of hydrogen-bond acceptors (Lipinski definition) is 6. The fraction of sp³-hybridized carbons (Fsp3) is 0.214. The average molecular weight is 526 g/mol. The third-order valence-corrected chi connectivity index (χ3v) is 7.14. The lowest BCUT2D eigenvalue weighted by Crippen LogP contribution is -2.35. The predicted octanol–water partition coefficient (Wildman–Crippen LogP) is 4.09. The highest BCUT2D eigenvalue weighted by Crippen LogP contribution is 2.38. The Bertz CT molecular complexity index is 1810. The Balaban J connectivity index is 1.34. The van der Waals surface area contributed by atoms with Crippen LogP contribution in [0, 0.1) is 11.8 Å². The number of aryl methyl sites for hydroxylation is 2. The molecule has 2 aromatic carbocycles. The summed E-state index contributed by atoms with van der Waals surface area (Å²) >= 11 is 6.63. The maximum Gasteiger partial charge on any atom is 0.256 e. The molecule has 0 radical (unpaired) electrons. The number of carbonyl (C=O) groups is 1. The number of ether oxygens (including phenoxy) is 1. The minimum atomic E-state index is -0.254. The molecule has 5 aromatic rings. The largest absolute Gasteiger partial charge is 0.491 e. The minimum Gasteiger partial charge on any atom is -0.491 e. The average Bonchev–Trinajstić information content (AvgIpc) is 3.62. The van der Waals surface area contributed by atoms with Gasteiger partial charge in [-0.1, -0.05) is 29.5 Å². The van der Waals surface area contributed by atoms with E-state index in [2.05, 4.69) is 27.0 Å². The van der Waals surface area contributed by atoms with Gasteiger partial charge in [-0.15, -0.1) is 0 Å². The van der Waals surface area contributed by atoms with E-state index in [0.29, 0.717) is 35.1 Å². The molecule has 9 nitrogen and oxygen atoms in total. The van der Waals surface area contributed by atoms with Crippen molar-refractivity contribution >= 4 is 45.1 Å². The van der Waals surface area contributed by atoms with Crippen molar-refractivity contribution in [2.75, 3.05) is 18.9 Å². The minimum absolute atomic E-state index is 0.187. The third kappa shape index (κ3) is 3.90. The van der Waals surface area contributed by atoms with Crippen LogP contribution in [-0.2, 0) is 14.1 Å². The van der Waals surface area contributed by atoms with Crippen molar-refractivity contribution in [2.45, 2.75) is 13.0 Å². The van der Waals surface area contributed by atoms with E-state index in [1.807, 2.05) is 45.4 Å². The number of carbonyl (C=O) groups excluding carboxylic acids is 1. The lowest BCUT2D eigenvalue weighted by atomic mass is 10.0. The van der Waals surface area contributed by atoms with Crippen LogP contribution in [-0.4, -0.2) is 48.5 Å². The Hall–Kier alpha value is -4.55. The number of hydrogen-bond donors (Lipinski definition) is 1. The Morgan fingerprint density at radius 2 is 1.97 bits per heavy atom. The Labute approximate surface area is 223 Å². The molecule has 6 rings (SSSR count). The first-order valence-electron chi connectivity index (χ1n) is 12.1. The van der Waals surface area contributed by atoms with Gasteiger partial charge in [-0.2, -0.15) is 10.2 Å². The fourth-order valence-electron chi connectivity index (χ4n) is 4.96. The van der Waals surface area contributed by atoms with Crippen LogP contribution < -0.4 is 10.5 Å². The highest BCUT2D eigenvalue weighted by molar-refractivity contribution is 6.35. The number of nitrogen functional groups attached to an aromatic ring is 1. The van der Waals surface area contributed by atoms with Crippen LogP contribution in [0.4, 0.5) is 5.82 Å². The molecule has 190 valence electrons. The number of benzene rings is 2. The van der Waals surface area contributed by atoms with Gasteiger partial charge in [0.25, 0.3) is 5.91 Å². The number of nitrogens with zero attached hydrogens (tertiary/aromatic N) is 6. The van der Waals surface area contributed by atoms with E-state index in [-0.39, 0.29) is 11.9 Å². The highest BCUT2D eigenvalue weighted by Gasteiger charge is 2.33. The van der Waals surface area contributed by atoms with Gasteiger partial charge in [0.2, 0.25) is 0 Å². The number of rotatable bonds is 3. The van der Waals surface area contributed by atoms with Crippen molar-refractivity contribution in [3.05, 3.63) is 76.2 Å². The Kier molecular flexibility index (Phi) is 5.69. The normalized spacial score (nSPS) is 14.3. The molecule has 0 spiro atoms. The quantitative estimate of drug-likeness (QED) is 0.356. The molecule has 0 saturated carbocycles. The highest BCUT2D eigenvalue weighted by atomic mass is 35.5. The Morgan fingerprint density at radius 1 is 1.16 bits per heavy atom. The molecule has 3 aromatic heterocycles. The number of nitrogens with two attached hydrogens (primary N) is 1. The summed E-state index contributed by atoms with van der Waals surface area (Å²) in [6.45, 7) is 2.77. The first kappa shape index (κ1) is 23.8.